The molecule has 0 atom stereocenters. The van der Waals surface area contributed by atoms with Crippen molar-refractivity contribution in [2.45, 2.75) is 24.2 Å². The van der Waals surface area contributed by atoms with Crippen LogP contribution in [0.15, 0.2) is 47.4 Å². The molecule has 0 aromatic heterocycles. The molecule has 1 heterocycles. The van der Waals surface area contributed by atoms with Gasteiger partial charge in [0.15, 0.2) is 9.84 Å². The fourth-order valence-corrected chi connectivity index (χ4v) is 4.58. The molecule has 1 fully saturated rings. The molecule has 2 aromatic rings. The maximum absolute atomic E-state index is 12.0. The van der Waals surface area contributed by atoms with Gasteiger partial charge in [-0.3, -0.25) is 10.1 Å². The molecule has 8 heteroatoms. The first-order chi connectivity index (χ1) is 13.3. The third-order valence-corrected chi connectivity index (χ3v) is 6.33. The van der Waals surface area contributed by atoms with Gasteiger partial charge in [-0.15, -0.1) is 0 Å². The van der Waals surface area contributed by atoms with E-state index in [0.29, 0.717) is 24.7 Å². The van der Waals surface area contributed by atoms with Gasteiger partial charge in [-0.2, -0.15) is 0 Å². The molecule has 7 nitrogen and oxygen atoms in total. The number of hydrogen-bond donors (Lipinski definition) is 0. The molecule has 0 aliphatic carbocycles. The predicted octanol–water partition coefficient (Wildman–Crippen LogP) is 3.47. The van der Waals surface area contributed by atoms with Gasteiger partial charge in [-0.25, -0.2) is 8.42 Å². The molecule has 0 unspecified atom stereocenters. The first-order valence-electron chi connectivity index (χ1n) is 9.15. The topological polar surface area (TPSA) is 89.8 Å². The third-order valence-electron chi connectivity index (χ3n) is 5.20. The molecule has 1 aliphatic rings. The first-order valence-corrected chi connectivity index (χ1v) is 11.0. The lowest BCUT2D eigenvalue weighted by atomic mass is 9.90. The molecule has 0 N–H and O–H groups in total. The van der Waals surface area contributed by atoms with Gasteiger partial charge in [0.25, 0.3) is 0 Å². The van der Waals surface area contributed by atoms with Crippen LogP contribution in [0.2, 0.25) is 0 Å². The number of methoxy groups -OCH3 is 1. The zero-order valence-corrected chi connectivity index (χ0v) is 16.8. The number of piperidine rings is 1. The van der Waals surface area contributed by atoms with Gasteiger partial charge in [0.05, 0.1) is 12.0 Å². The van der Waals surface area contributed by atoms with Crippen molar-refractivity contribution in [3.8, 4) is 5.75 Å². The number of nitrogens with zero attached hydrogens (tertiary/aromatic N) is 2. The van der Waals surface area contributed by atoms with Crippen molar-refractivity contribution in [3.63, 3.8) is 0 Å². The highest BCUT2D eigenvalue weighted by Crippen LogP contribution is 2.37. The summed E-state index contributed by atoms with van der Waals surface area (Å²) in [6, 6.07) is 12.5. The molecular weight excluding hydrogens is 380 g/mol. The molecule has 28 heavy (non-hydrogen) atoms. The number of nitro benzene ring substituents is 1. The molecule has 150 valence electrons. The molecule has 0 radical (unpaired) electrons. The number of para-hydroxylation sites is 1. The minimum absolute atomic E-state index is 0.227. The Morgan fingerprint density at radius 1 is 1.14 bits per heavy atom. The van der Waals surface area contributed by atoms with E-state index < -0.39 is 14.8 Å². The van der Waals surface area contributed by atoms with Crippen molar-refractivity contribution >= 4 is 21.2 Å². The Kier molecular flexibility index (Phi) is 5.88. The Morgan fingerprint density at radius 3 is 2.32 bits per heavy atom. The zero-order valence-electron chi connectivity index (χ0n) is 16.0. The molecule has 1 aliphatic heterocycles. The number of benzene rings is 2. The summed E-state index contributed by atoms with van der Waals surface area (Å²) in [6.45, 7) is 1.32. The van der Waals surface area contributed by atoms with Crippen molar-refractivity contribution < 1.29 is 18.1 Å². The summed E-state index contributed by atoms with van der Waals surface area (Å²) in [5.74, 6) is 1.32. The SMILES string of the molecule is COc1ccc(CC2CCN(c3cccc(S(C)(=O)=O)c3[N+](=O)[O-])CC2)cc1. The van der Waals surface area contributed by atoms with Crippen LogP contribution in [0, 0.1) is 16.0 Å². The van der Waals surface area contributed by atoms with Gasteiger partial charge >= 0.3 is 5.69 Å². The lowest BCUT2D eigenvalue weighted by Gasteiger charge is -2.33. The van der Waals surface area contributed by atoms with Gasteiger partial charge in [-0.05, 0) is 55.0 Å². The van der Waals surface area contributed by atoms with Crippen molar-refractivity contribution in [2.75, 3.05) is 31.4 Å². The van der Waals surface area contributed by atoms with Crippen LogP contribution in [0.3, 0.4) is 0 Å². The molecular formula is C20H24N2O5S. The van der Waals surface area contributed by atoms with E-state index in [0.717, 1.165) is 31.3 Å². The first kappa shape index (κ1) is 20.1. The van der Waals surface area contributed by atoms with Gasteiger partial charge < -0.3 is 9.64 Å². The number of hydrogen-bond acceptors (Lipinski definition) is 6. The van der Waals surface area contributed by atoms with Crippen LogP contribution in [0.1, 0.15) is 18.4 Å². The summed E-state index contributed by atoms with van der Waals surface area (Å²) in [7, 11) is -2.03. The van der Waals surface area contributed by atoms with Crippen molar-refractivity contribution in [3.05, 3.63) is 58.1 Å². The summed E-state index contributed by atoms with van der Waals surface area (Å²) in [4.78, 5) is 12.7. The molecule has 3 rings (SSSR count). The number of ether oxygens (including phenoxy) is 1. The van der Waals surface area contributed by atoms with Crippen LogP contribution in [0.4, 0.5) is 11.4 Å². The maximum atomic E-state index is 12.0. The molecule has 0 spiro atoms. The highest BCUT2D eigenvalue weighted by Gasteiger charge is 2.30. The van der Waals surface area contributed by atoms with Gasteiger partial charge in [0.2, 0.25) is 0 Å². The van der Waals surface area contributed by atoms with E-state index in [1.807, 2.05) is 17.0 Å². The Bertz CT molecular complexity index is 949. The summed E-state index contributed by atoms with van der Waals surface area (Å²) in [5, 5.41) is 11.6. The largest absolute Gasteiger partial charge is 0.497 e. The lowest BCUT2D eigenvalue weighted by Crippen LogP contribution is -2.34. The van der Waals surface area contributed by atoms with Gasteiger partial charge in [0, 0.05) is 19.3 Å². The summed E-state index contributed by atoms with van der Waals surface area (Å²) in [5.41, 5.74) is 1.30. The van der Waals surface area contributed by atoms with E-state index in [9.17, 15) is 18.5 Å². The molecule has 2 aromatic carbocycles. The summed E-state index contributed by atoms with van der Waals surface area (Å²) < 4.78 is 29.1. The smallest absolute Gasteiger partial charge is 0.311 e. The number of nitro groups is 1. The van der Waals surface area contributed by atoms with Crippen molar-refractivity contribution in [1.82, 2.24) is 0 Å². The minimum atomic E-state index is -3.68. The third kappa shape index (κ3) is 4.44. The number of rotatable bonds is 6. The Hall–Kier alpha value is -2.61. The van der Waals surface area contributed by atoms with E-state index in [2.05, 4.69) is 12.1 Å². The van der Waals surface area contributed by atoms with Crippen LogP contribution >= 0.6 is 0 Å². The van der Waals surface area contributed by atoms with Gasteiger partial charge in [0.1, 0.15) is 16.3 Å². The fraction of sp³-hybridized carbons (Fsp3) is 0.400. The van der Waals surface area contributed by atoms with Crippen LogP contribution in [-0.4, -0.2) is 39.8 Å². The van der Waals surface area contributed by atoms with E-state index in [1.54, 1.807) is 19.2 Å². The number of anilines is 1. The van der Waals surface area contributed by atoms with E-state index >= 15 is 0 Å². The predicted molar refractivity (Wildman–Crippen MR) is 108 cm³/mol. The highest BCUT2D eigenvalue weighted by molar-refractivity contribution is 7.90. The van der Waals surface area contributed by atoms with Crippen molar-refractivity contribution in [2.24, 2.45) is 5.92 Å². The van der Waals surface area contributed by atoms with Gasteiger partial charge in [-0.1, -0.05) is 18.2 Å². The maximum Gasteiger partial charge on any atom is 0.311 e. The number of sulfone groups is 1. The second kappa shape index (κ2) is 8.18. The van der Waals surface area contributed by atoms with Crippen LogP contribution in [-0.2, 0) is 16.3 Å². The molecule has 0 bridgehead atoms. The Morgan fingerprint density at radius 2 is 1.79 bits per heavy atom. The standard InChI is InChI=1S/C20H24N2O5S/c1-27-17-8-6-15(7-9-17)14-16-10-12-21(13-11-16)18-4-3-5-19(28(2,25)26)20(18)22(23)24/h3-9,16H,10-14H2,1-2H3. The lowest BCUT2D eigenvalue weighted by molar-refractivity contribution is -0.387. The zero-order chi connectivity index (χ0) is 20.3. The Labute approximate surface area is 165 Å². The summed E-state index contributed by atoms with van der Waals surface area (Å²) in [6.07, 6.45) is 3.74. The molecule has 0 amide bonds. The second-order valence-corrected chi connectivity index (χ2v) is 9.12. The summed E-state index contributed by atoms with van der Waals surface area (Å²) >= 11 is 0. The monoisotopic (exact) mass is 404 g/mol. The van der Waals surface area contributed by atoms with E-state index in [1.165, 1.54) is 11.6 Å². The Balaban J connectivity index is 1.73. The minimum Gasteiger partial charge on any atom is -0.497 e. The normalized spacial score (nSPS) is 15.4. The van der Waals surface area contributed by atoms with Crippen LogP contribution in [0.25, 0.3) is 0 Å². The average molecular weight is 404 g/mol. The fourth-order valence-electron chi connectivity index (χ4n) is 3.72. The average Bonchev–Trinajstić information content (AvgIpc) is 2.68. The quantitative estimate of drug-likeness (QED) is 0.541. The van der Waals surface area contributed by atoms with Crippen LogP contribution in [0.5, 0.6) is 5.75 Å². The molecule has 1 saturated heterocycles. The highest BCUT2D eigenvalue weighted by atomic mass is 32.2. The van der Waals surface area contributed by atoms with E-state index in [4.69, 9.17) is 4.74 Å². The molecule has 0 saturated carbocycles. The van der Waals surface area contributed by atoms with Crippen LogP contribution < -0.4 is 9.64 Å². The second-order valence-electron chi connectivity index (χ2n) is 7.14. The van der Waals surface area contributed by atoms with E-state index in [-0.39, 0.29) is 10.6 Å². The van der Waals surface area contributed by atoms with Crippen molar-refractivity contribution in [1.29, 1.82) is 0 Å².